The summed E-state index contributed by atoms with van der Waals surface area (Å²) >= 11 is 6.03. The van der Waals surface area contributed by atoms with Crippen LogP contribution in [0.3, 0.4) is 0 Å². The summed E-state index contributed by atoms with van der Waals surface area (Å²) in [6.07, 6.45) is 4.73. The van der Waals surface area contributed by atoms with Gasteiger partial charge >= 0.3 is 0 Å². The molecule has 7 nitrogen and oxygen atoms in total. The Bertz CT molecular complexity index is 1120. The van der Waals surface area contributed by atoms with Crippen molar-refractivity contribution in [3.05, 3.63) is 70.5 Å². The van der Waals surface area contributed by atoms with Gasteiger partial charge in [-0.3, -0.25) is 9.48 Å². The number of carbonyl (C=O) groups is 1. The Hall–Kier alpha value is -3.45. The van der Waals surface area contributed by atoms with Crippen molar-refractivity contribution < 1.29 is 23.7 Å². The van der Waals surface area contributed by atoms with Gasteiger partial charge in [0.1, 0.15) is 18.1 Å². The highest BCUT2D eigenvalue weighted by molar-refractivity contribution is 6.34. The van der Waals surface area contributed by atoms with Crippen LogP contribution in [0, 0.1) is 0 Å². The Morgan fingerprint density at radius 2 is 2.07 bits per heavy atom. The van der Waals surface area contributed by atoms with Crippen molar-refractivity contribution in [1.82, 2.24) is 9.78 Å². The molecule has 0 spiro atoms. The lowest BCUT2D eigenvalue weighted by Crippen LogP contribution is -2.00. The maximum Gasteiger partial charge on any atom is 0.231 e. The van der Waals surface area contributed by atoms with Crippen LogP contribution in [-0.4, -0.2) is 29.5 Å². The molecule has 3 aromatic rings. The van der Waals surface area contributed by atoms with E-state index in [9.17, 15) is 4.79 Å². The summed E-state index contributed by atoms with van der Waals surface area (Å²) in [5.41, 5.74) is 1.87. The minimum atomic E-state index is -0.269. The van der Waals surface area contributed by atoms with Crippen LogP contribution in [0.4, 0.5) is 0 Å². The molecule has 1 aromatic heterocycles. The molecule has 1 aliphatic heterocycles. The first kappa shape index (κ1) is 19.8. The Kier molecular flexibility index (Phi) is 5.63. The lowest BCUT2D eigenvalue weighted by Gasteiger charge is -2.11. The lowest BCUT2D eigenvalue weighted by molar-refractivity contribution is 0.104. The highest BCUT2D eigenvalue weighted by Gasteiger charge is 2.15. The van der Waals surface area contributed by atoms with Gasteiger partial charge in [0.15, 0.2) is 17.2 Å². The van der Waals surface area contributed by atoms with Crippen molar-refractivity contribution in [2.45, 2.75) is 6.61 Å². The molecule has 0 atom stereocenters. The number of nitrogens with zero attached hydrogens (tertiary/aromatic N) is 2. The van der Waals surface area contributed by atoms with E-state index >= 15 is 0 Å². The number of hydrogen-bond acceptors (Lipinski definition) is 6. The quantitative estimate of drug-likeness (QED) is 0.414. The minimum absolute atomic E-state index is 0.212. The third kappa shape index (κ3) is 4.26. The van der Waals surface area contributed by atoms with E-state index in [-0.39, 0.29) is 24.9 Å². The monoisotopic (exact) mass is 426 g/mol. The molecule has 0 amide bonds. The van der Waals surface area contributed by atoms with Gasteiger partial charge in [-0.05, 0) is 35.9 Å². The SMILES string of the molecule is COc1ccc(/C=C/C(=O)c2nn(C)cc2Cl)cc1COc1ccc2c(c1)OCO2. The van der Waals surface area contributed by atoms with Gasteiger partial charge in [0.25, 0.3) is 0 Å². The van der Waals surface area contributed by atoms with E-state index < -0.39 is 0 Å². The third-order valence-electron chi connectivity index (χ3n) is 4.49. The first-order valence-electron chi connectivity index (χ1n) is 9.14. The zero-order valence-electron chi connectivity index (χ0n) is 16.4. The van der Waals surface area contributed by atoms with E-state index in [2.05, 4.69) is 5.10 Å². The van der Waals surface area contributed by atoms with Crippen molar-refractivity contribution in [3.63, 3.8) is 0 Å². The molecule has 30 heavy (non-hydrogen) atoms. The van der Waals surface area contributed by atoms with Crippen molar-refractivity contribution in [3.8, 4) is 23.0 Å². The Morgan fingerprint density at radius 1 is 1.23 bits per heavy atom. The van der Waals surface area contributed by atoms with Gasteiger partial charge in [0.05, 0.1) is 12.1 Å². The number of rotatable bonds is 7. The van der Waals surface area contributed by atoms with Crippen molar-refractivity contribution in [2.24, 2.45) is 7.05 Å². The van der Waals surface area contributed by atoms with Gasteiger partial charge in [0, 0.05) is 24.9 Å². The largest absolute Gasteiger partial charge is 0.496 e. The normalized spacial score (nSPS) is 12.4. The molecule has 0 bridgehead atoms. The van der Waals surface area contributed by atoms with E-state index in [0.717, 1.165) is 11.1 Å². The molecule has 0 fully saturated rings. The average Bonchev–Trinajstić information content (AvgIpc) is 3.35. The van der Waals surface area contributed by atoms with Crippen molar-refractivity contribution in [1.29, 1.82) is 0 Å². The average molecular weight is 427 g/mol. The van der Waals surface area contributed by atoms with E-state index in [1.54, 1.807) is 32.5 Å². The molecule has 1 aliphatic rings. The molecule has 0 N–H and O–H groups in total. The number of fused-ring (bicyclic) bond motifs is 1. The summed E-state index contributed by atoms with van der Waals surface area (Å²) in [7, 11) is 3.31. The summed E-state index contributed by atoms with van der Waals surface area (Å²) in [4.78, 5) is 12.3. The van der Waals surface area contributed by atoms with Gasteiger partial charge in [-0.25, -0.2) is 0 Å². The van der Waals surface area contributed by atoms with Gasteiger partial charge in [0.2, 0.25) is 12.6 Å². The molecule has 4 rings (SSSR count). The second-order valence-electron chi connectivity index (χ2n) is 6.57. The highest BCUT2D eigenvalue weighted by atomic mass is 35.5. The molecule has 0 unspecified atom stereocenters. The van der Waals surface area contributed by atoms with Crippen LogP contribution in [0.25, 0.3) is 6.08 Å². The Labute approximate surface area is 178 Å². The number of aryl methyl sites for hydroxylation is 1. The van der Waals surface area contributed by atoms with Gasteiger partial charge in [-0.2, -0.15) is 5.10 Å². The van der Waals surface area contributed by atoms with Crippen LogP contribution < -0.4 is 18.9 Å². The molecule has 8 heteroatoms. The molecule has 2 aromatic carbocycles. The number of methoxy groups -OCH3 is 1. The summed E-state index contributed by atoms with van der Waals surface area (Å²) in [5.74, 6) is 2.43. The number of ether oxygens (including phenoxy) is 4. The predicted molar refractivity (Wildman–Crippen MR) is 111 cm³/mol. The summed E-state index contributed by atoms with van der Waals surface area (Å²) in [6, 6.07) is 11.0. The Morgan fingerprint density at radius 3 is 2.83 bits per heavy atom. The molecular weight excluding hydrogens is 408 g/mol. The number of halogens is 1. The molecule has 0 saturated heterocycles. The maximum absolute atomic E-state index is 12.3. The molecular formula is C22H19ClN2O5. The minimum Gasteiger partial charge on any atom is -0.496 e. The first-order valence-corrected chi connectivity index (χ1v) is 9.52. The fraction of sp³-hybridized carbons (Fsp3) is 0.182. The zero-order chi connectivity index (χ0) is 21.1. The Balaban J connectivity index is 1.49. The van der Waals surface area contributed by atoms with Crippen LogP contribution in [0.15, 0.2) is 48.7 Å². The molecule has 154 valence electrons. The third-order valence-corrected chi connectivity index (χ3v) is 4.76. The molecule has 0 radical (unpaired) electrons. The van der Waals surface area contributed by atoms with Crippen molar-refractivity contribution in [2.75, 3.05) is 13.9 Å². The fourth-order valence-corrected chi connectivity index (χ4v) is 3.29. The van der Waals surface area contributed by atoms with E-state index in [4.69, 9.17) is 30.5 Å². The van der Waals surface area contributed by atoms with Crippen LogP contribution in [0.2, 0.25) is 5.02 Å². The van der Waals surface area contributed by atoms with Crippen LogP contribution in [0.5, 0.6) is 23.0 Å². The fourth-order valence-electron chi connectivity index (χ4n) is 3.02. The van der Waals surface area contributed by atoms with Gasteiger partial charge in [-0.1, -0.05) is 23.7 Å². The smallest absolute Gasteiger partial charge is 0.231 e. The first-order chi connectivity index (χ1) is 14.5. The standard InChI is InChI=1S/C22H19ClN2O5/c1-25-11-17(23)22(24-25)18(26)6-3-14-4-7-19(27-2)15(9-14)12-28-16-5-8-20-21(10-16)30-13-29-20/h3-11H,12-13H2,1-2H3/b6-3+. The van der Waals surface area contributed by atoms with Crippen LogP contribution >= 0.6 is 11.6 Å². The van der Waals surface area contributed by atoms with E-state index in [1.807, 2.05) is 30.3 Å². The maximum atomic E-state index is 12.3. The highest BCUT2D eigenvalue weighted by Crippen LogP contribution is 2.35. The lowest BCUT2D eigenvalue weighted by atomic mass is 10.1. The number of benzene rings is 2. The van der Waals surface area contributed by atoms with Crippen LogP contribution in [-0.2, 0) is 13.7 Å². The van der Waals surface area contributed by atoms with E-state index in [1.165, 1.54) is 10.8 Å². The zero-order valence-corrected chi connectivity index (χ0v) is 17.2. The number of hydrogen-bond donors (Lipinski definition) is 0. The molecule has 0 saturated carbocycles. The van der Waals surface area contributed by atoms with E-state index in [0.29, 0.717) is 28.0 Å². The second-order valence-corrected chi connectivity index (χ2v) is 6.98. The number of allylic oxidation sites excluding steroid dienone is 1. The number of aromatic nitrogens is 2. The van der Waals surface area contributed by atoms with Crippen LogP contribution in [0.1, 0.15) is 21.6 Å². The molecule has 2 heterocycles. The summed E-state index contributed by atoms with van der Waals surface area (Å²) in [6.45, 7) is 0.494. The summed E-state index contributed by atoms with van der Waals surface area (Å²) in [5, 5.41) is 4.40. The summed E-state index contributed by atoms with van der Waals surface area (Å²) < 4.78 is 23.5. The molecule has 0 aliphatic carbocycles. The van der Waals surface area contributed by atoms with Gasteiger partial charge in [-0.15, -0.1) is 0 Å². The second kappa shape index (κ2) is 8.51. The predicted octanol–water partition coefficient (Wildman–Crippen LogP) is 4.29. The topological polar surface area (TPSA) is 71.8 Å². The number of carbonyl (C=O) groups excluding carboxylic acids is 1. The number of ketones is 1. The van der Waals surface area contributed by atoms with Crippen molar-refractivity contribution >= 4 is 23.5 Å². The van der Waals surface area contributed by atoms with Gasteiger partial charge < -0.3 is 18.9 Å².